The normalized spacial score (nSPS) is 15.1. The Kier molecular flexibility index (Phi) is 15.4. The summed E-state index contributed by atoms with van der Waals surface area (Å²) < 4.78 is 18.9. The van der Waals surface area contributed by atoms with Gasteiger partial charge in [0, 0.05) is 7.11 Å². The molecule has 0 aliphatic rings. The third kappa shape index (κ3) is 10.4. The van der Waals surface area contributed by atoms with Crippen LogP contribution in [-0.2, 0) is 18.4 Å². The van der Waals surface area contributed by atoms with E-state index in [-0.39, 0.29) is 62.0 Å². The molecule has 2 N–H and O–H groups in total. The Morgan fingerprint density at radius 3 is 2.47 bits per heavy atom. The van der Waals surface area contributed by atoms with Crippen molar-refractivity contribution >= 4 is 13.6 Å². The van der Waals surface area contributed by atoms with E-state index in [1.165, 1.54) is 0 Å². The fraction of sp³-hybridized carbons (Fsp3) is 0.500. The van der Waals surface area contributed by atoms with Gasteiger partial charge in [-0.1, -0.05) is 6.58 Å². The fourth-order valence-electron chi connectivity index (χ4n) is 0.436. The Balaban J connectivity index is -0.000000120. The Hall–Kier alpha value is 1.48. The van der Waals surface area contributed by atoms with Crippen LogP contribution in [0.15, 0.2) is 12.7 Å². The van der Waals surface area contributed by atoms with Gasteiger partial charge in [0.05, 0.1) is 6.61 Å². The zero-order valence-electron chi connectivity index (χ0n) is 11.0. The number of aliphatic hydroxyl groups is 1. The molecule has 0 aromatic rings. The van der Waals surface area contributed by atoms with Crippen LogP contribution in [0.4, 0.5) is 0 Å². The van der Waals surface area contributed by atoms with Crippen LogP contribution >= 0.6 is 7.82 Å². The number of carbonyl (C=O) groups is 1. The van der Waals surface area contributed by atoms with Gasteiger partial charge < -0.3 is 12.9 Å². The van der Waals surface area contributed by atoms with Crippen molar-refractivity contribution in [2.45, 2.75) is 6.10 Å². The van der Waals surface area contributed by atoms with Gasteiger partial charge in [0.1, 0.15) is 6.10 Å². The SMILES string of the molecule is C=CC(=O)C(O)COP(=O)(O)OC.[H-].[H-].[Na+].[Na+]. The van der Waals surface area contributed by atoms with Crippen LogP contribution < -0.4 is 59.1 Å². The van der Waals surface area contributed by atoms with Crippen molar-refractivity contribution in [1.82, 2.24) is 0 Å². The topological polar surface area (TPSA) is 93.1 Å². The molecule has 0 aromatic carbocycles. The van der Waals surface area contributed by atoms with Gasteiger partial charge in [-0.15, -0.1) is 0 Å². The Morgan fingerprint density at radius 2 is 2.13 bits per heavy atom. The number of aliphatic hydroxyl groups excluding tert-OH is 1. The largest absolute Gasteiger partial charge is 1.00 e. The number of rotatable bonds is 6. The van der Waals surface area contributed by atoms with E-state index in [0.29, 0.717) is 0 Å². The second kappa shape index (κ2) is 10.6. The van der Waals surface area contributed by atoms with Crippen LogP contribution in [0.3, 0.4) is 0 Å². The first kappa shape index (κ1) is 21.7. The molecule has 9 heteroatoms. The summed E-state index contributed by atoms with van der Waals surface area (Å²) in [4.78, 5) is 19.3. The molecule has 0 fully saturated rings. The first-order valence-corrected chi connectivity index (χ1v) is 4.80. The van der Waals surface area contributed by atoms with Crippen LogP contribution in [0.2, 0.25) is 0 Å². The van der Waals surface area contributed by atoms with E-state index in [0.717, 1.165) is 13.2 Å². The Labute approximate surface area is 135 Å². The van der Waals surface area contributed by atoms with Gasteiger partial charge in [-0.05, 0) is 6.08 Å². The van der Waals surface area contributed by atoms with Crippen molar-refractivity contribution in [3.63, 3.8) is 0 Å². The van der Waals surface area contributed by atoms with E-state index in [1.54, 1.807) is 0 Å². The molecule has 0 saturated carbocycles. The molecule has 0 heterocycles. The molecule has 2 unspecified atom stereocenters. The molecule has 0 aromatic heterocycles. The minimum absolute atomic E-state index is 0. The maximum atomic E-state index is 10.7. The van der Waals surface area contributed by atoms with Crippen LogP contribution in [0.1, 0.15) is 2.85 Å². The van der Waals surface area contributed by atoms with E-state index >= 15 is 0 Å². The summed E-state index contributed by atoms with van der Waals surface area (Å²) in [5, 5.41) is 8.94. The molecule has 15 heavy (non-hydrogen) atoms. The van der Waals surface area contributed by atoms with Gasteiger partial charge in [0.25, 0.3) is 0 Å². The molecule has 6 nitrogen and oxygen atoms in total. The maximum Gasteiger partial charge on any atom is 1.00 e. The number of hydrogen-bond acceptors (Lipinski definition) is 5. The second-order valence-corrected chi connectivity index (χ2v) is 3.63. The molecule has 2 atom stereocenters. The monoisotopic (exact) mass is 258 g/mol. The fourth-order valence-corrected chi connectivity index (χ4v) is 0.871. The molecular formula is C6H13Na2O6P. The van der Waals surface area contributed by atoms with E-state index in [1.807, 2.05) is 0 Å². The van der Waals surface area contributed by atoms with Crippen LogP contribution in [0.25, 0.3) is 0 Å². The summed E-state index contributed by atoms with van der Waals surface area (Å²) in [7, 11) is -3.15. The van der Waals surface area contributed by atoms with Crippen molar-refractivity contribution in [2.24, 2.45) is 0 Å². The number of hydrogen-bond donors (Lipinski definition) is 2. The third-order valence-electron chi connectivity index (χ3n) is 1.16. The van der Waals surface area contributed by atoms with Crippen LogP contribution in [0, 0.1) is 0 Å². The molecule has 0 aliphatic heterocycles. The van der Waals surface area contributed by atoms with Gasteiger partial charge in [-0.2, -0.15) is 0 Å². The average molecular weight is 258 g/mol. The molecule has 0 radical (unpaired) electrons. The second-order valence-electron chi connectivity index (χ2n) is 2.07. The Bertz CT molecular complexity index is 255. The molecule has 0 spiro atoms. The van der Waals surface area contributed by atoms with E-state index in [2.05, 4.69) is 15.6 Å². The van der Waals surface area contributed by atoms with Crippen molar-refractivity contribution in [3.05, 3.63) is 12.7 Å². The molecule has 0 bridgehead atoms. The average Bonchev–Trinajstić information content (AvgIpc) is 2.13. The quantitative estimate of drug-likeness (QED) is 0.280. The van der Waals surface area contributed by atoms with Gasteiger partial charge in [-0.25, -0.2) is 4.57 Å². The predicted octanol–water partition coefficient (Wildman–Crippen LogP) is -5.90. The molecule has 80 valence electrons. The van der Waals surface area contributed by atoms with Crippen molar-refractivity contribution in [1.29, 1.82) is 0 Å². The van der Waals surface area contributed by atoms with E-state index < -0.39 is 26.3 Å². The smallest absolute Gasteiger partial charge is 1.00 e. The third-order valence-corrected chi connectivity index (χ3v) is 2.09. The van der Waals surface area contributed by atoms with Gasteiger partial charge >= 0.3 is 66.9 Å². The van der Waals surface area contributed by atoms with Gasteiger partial charge in [0.15, 0.2) is 5.78 Å². The van der Waals surface area contributed by atoms with Gasteiger partial charge in [0.2, 0.25) is 0 Å². The number of ketones is 1. The van der Waals surface area contributed by atoms with Gasteiger partial charge in [-0.3, -0.25) is 13.8 Å². The zero-order chi connectivity index (χ0) is 10.5. The summed E-state index contributed by atoms with van der Waals surface area (Å²) in [5.41, 5.74) is 0. The van der Waals surface area contributed by atoms with Crippen molar-refractivity contribution in [3.8, 4) is 0 Å². The molecule has 0 rings (SSSR count). The summed E-state index contributed by atoms with van der Waals surface area (Å²) in [5.74, 6) is -0.684. The first-order valence-electron chi connectivity index (χ1n) is 3.30. The number of carbonyl (C=O) groups excluding carboxylic acids is 1. The standard InChI is InChI=1S/C6H11O6P.2Na.2H/c1-3-5(7)6(8)4-12-13(9,10)11-2;;;;/h3,6,8H,1,4H2,2H3,(H,9,10);;;;/q;2*+1;2*-1. The molecule has 0 amide bonds. The minimum atomic E-state index is -4.12. The predicted molar refractivity (Wildman–Crippen MR) is 46.2 cm³/mol. The van der Waals surface area contributed by atoms with Crippen LogP contribution in [-0.4, -0.2) is 35.6 Å². The number of phosphoric ester groups is 1. The van der Waals surface area contributed by atoms with Crippen LogP contribution in [0.5, 0.6) is 0 Å². The first-order chi connectivity index (χ1) is 5.93. The maximum absolute atomic E-state index is 10.7. The molecule has 0 aliphatic carbocycles. The summed E-state index contributed by atoms with van der Waals surface area (Å²) >= 11 is 0. The summed E-state index contributed by atoms with van der Waals surface area (Å²) in [6.45, 7) is 2.51. The van der Waals surface area contributed by atoms with Crippen molar-refractivity contribution < 1.29 is 90.4 Å². The summed E-state index contributed by atoms with van der Waals surface area (Å²) in [6, 6.07) is 0. The van der Waals surface area contributed by atoms with E-state index in [9.17, 15) is 9.36 Å². The summed E-state index contributed by atoms with van der Waals surface area (Å²) in [6.07, 6.45) is -0.600. The molecular weight excluding hydrogens is 245 g/mol. The zero-order valence-corrected chi connectivity index (χ0v) is 13.9. The van der Waals surface area contributed by atoms with E-state index in [4.69, 9.17) is 10.00 Å². The minimum Gasteiger partial charge on any atom is -1.00 e. The Morgan fingerprint density at radius 1 is 1.67 bits per heavy atom. The number of phosphoric acid groups is 1. The van der Waals surface area contributed by atoms with Crippen molar-refractivity contribution in [2.75, 3.05) is 13.7 Å². The molecule has 0 saturated heterocycles.